The van der Waals surface area contributed by atoms with Crippen LogP contribution in [-0.4, -0.2) is 9.97 Å². The fourth-order valence-electron chi connectivity index (χ4n) is 8.60. The van der Waals surface area contributed by atoms with E-state index in [2.05, 4.69) is 158 Å². The van der Waals surface area contributed by atoms with Gasteiger partial charge in [-0.1, -0.05) is 117 Å². The van der Waals surface area contributed by atoms with Crippen LogP contribution >= 0.6 is 11.3 Å². The number of anilines is 3. The Bertz CT molecular complexity index is 2850. The van der Waals surface area contributed by atoms with Crippen LogP contribution in [0.2, 0.25) is 0 Å². The molecule has 7 aromatic carbocycles. The molecule has 0 atom stereocenters. The fraction of sp³-hybridized carbons (Fsp3) is 0.0833. The van der Waals surface area contributed by atoms with E-state index in [9.17, 15) is 0 Å². The minimum Gasteiger partial charge on any atom is -0.309 e. The molecule has 11 rings (SSSR count). The van der Waals surface area contributed by atoms with Crippen molar-refractivity contribution >= 4 is 59.3 Å². The predicted octanol–water partition coefficient (Wildman–Crippen LogP) is 13.0. The molecule has 0 fully saturated rings. The van der Waals surface area contributed by atoms with Gasteiger partial charge >= 0.3 is 0 Å². The van der Waals surface area contributed by atoms with Crippen LogP contribution in [0.5, 0.6) is 0 Å². The normalized spacial score (nSPS) is 14.0. The molecule has 4 heteroatoms. The van der Waals surface area contributed by atoms with Gasteiger partial charge in [0.05, 0.1) is 28.5 Å². The van der Waals surface area contributed by atoms with Crippen molar-refractivity contribution in [2.45, 2.75) is 25.7 Å². The van der Waals surface area contributed by atoms with Crippen LogP contribution in [0.15, 0.2) is 152 Å². The van der Waals surface area contributed by atoms with Crippen molar-refractivity contribution in [3.05, 3.63) is 174 Å². The summed E-state index contributed by atoms with van der Waals surface area (Å²) in [5.74, 6) is 0.731. The Balaban J connectivity index is 1.18. The lowest BCUT2D eigenvalue weighted by atomic mass is 9.70. The summed E-state index contributed by atoms with van der Waals surface area (Å²) >= 11 is 1.94. The first kappa shape index (κ1) is 29.6. The Morgan fingerprint density at radius 1 is 0.558 bits per heavy atom. The maximum absolute atomic E-state index is 5.22. The van der Waals surface area contributed by atoms with Crippen molar-refractivity contribution in [2.24, 2.45) is 0 Å². The largest absolute Gasteiger partial charge is 0.309 e. The molecular formula is C48H33N3S. The molecule has 52 heavy (non-hydrogen) atoms. The summed E-state index contributed by atoms with van der Waals surface area (Å²) in [6, 6.07) is 54.9. The molecule has 3 nitrogen and oxygen atoms in total. The van der Waals surface area contributed by atoms with Gasteiger partial charge in [0.25, 0.3) is 0 Å². The highest BCUT2D eigenvalue weighted by Gasteiger charge is 2.42. The zero-order valence-corrected chi connectivity index (χ0v) is 29.7. The monoisotopic (exact) mass is 683 g/mol. The predicted molar refractivity (Wildman–Crippen MR) is 218 cm³/mol. The first-order valence-electron chi connectivity index (χ1n) is 18.0. The molecule has 0 saturated heterocycles. The highest BCUT2D eigenvalue weighted by Crippen LogP contribution is 2.59. The van der Waals surface area contributed by atoms with E-state index in [-0.39, 0.29) is 5.41 Å². The molecule has 9 aromatic rings. The fourth-order valence-corrected chi connectivity index (χ4v) is 9.83. The van der Waals surface area contributed by atoms with E-state index in [4.69, 9.17) is 9.97 Å². The van der Waals surface area contributed by atoms with E-state index in [1.54, 1.807) is 0 Å². The zero-order valence-electron chi connectivity index (χ0n) is 28.9. The van der Waals surface area contributed by atoms with Crippen LogP contribution in [-0.2, 0) is 11.8 Å². The highest BCUT2D eigenvalue weighted by molar-refractivity contribution is 7.26. The Kier molecular flexibility index (Phi) is 6.24. The van der Waals surface area contributed by atoms with Gasteiger partial charge in [-0.15, -0.1) is 11.3 Å². The van der Waals surface area contributed by atoms with Gasteiger partial charge < -0.3 is 4.90 Å². The number of hydrogen-bond acceptors (Lipinski definition) is 4. The molecule has 246 valence electrons. The number of hydrogen-bond donors (Lipinski definition) is 0. The molecule has 0 saturated carbocycles. The van der Waals surface area contributed by atoms with Crippen LogP contribution in [0.3, 0.4) is 0 Å². The molecule has 0 unspecified atom stereocenters. The standard InChI is InChI=1S/C48H33N3S/c1-48(2)38-25-33(47-49-40(29-13-5-3-6-14-29)28-41(50-47)30-15-7-4-8-16-30)21-22-42(38)51-43-26-32-18-10-9-17-31(32)23-34(43)24-37-45(51)39(48)27-36-35-19-11-12-20-44(35)52-46(36)37/h3-23,25-28H,24H2,1-2H3. The van der Waals surface area contributed by atoms with Gasteiger partial charge in [-0.25, -0.2) is 9.97 Å². The van der Waals surface area contributed by atoms with Gasteiger partial charge in [-0.05, 0) is 81.6 Å². The van der Waals surface area contributed by atoms with Crippen LogP contribution in [0.25, 0.3) is 64.8 Å². The number of benzene rings is 7. The lowest BCUT2D eigenvalue weighted by Crippen LogP contribution is -2.33. The summed E-state index contributed by atoms with van der Waals surface area (Å²) in [5, 5.41) is 5.24. The Morgan fingerprint density at radius 2 is 1.21 bits per heavy atom. The molecule has 0 radical (unpaired) electrons. The van der Waals surface area contributed by atoms with Gasteiger partial charge in [-0.2, -0.15) is 0 Å². The van der Waals surface area contributed by atoms with Gasteiger partial charge in [0.15, 0.2) is 5.82 Å². The Labute approximate surface area is 306 Å². The average Bonchev–Trinajstić information content (AvgIpc) is 3.58. The first-order chi connectivity index (χ1) is 25.5. The van der Waals surface area contributed by atoms with Gasteiger partial charge in [0, 0.05) is 48.7 Å². The summed E-state index contributed by atoms with van der Waals surface area (Å²) < 4.78 is 2.74. The van der Waals surface area contributed by atoms with Crippen molar-refractivity contribution in [1.82, 2.24) is 9.97 Å². The molecule has 0 amide bonds. The number of rotatable bonds is 3. The van der Waals surface area contributed by atoms with Gasteiger partial charge in [-0.3, -0.25) is 0 Å². The minimum absolute atomic E-state index is 0.281. The molecule has 4 heterocycles. The quantitative estimate of drug-likeness (QED) is 0.186. The van der Waals surface area contributed by atoms with Gasteiger partial charge in [0.1, 0.15) is 0 Å². The summed E-state index contributed by atoms with van der Waals surface area (Å²) in [7, 11) is 0. The number of thiophene rings is 1. The SMILES string of the molecule is CC1(C)c2cc(-c3nc(-c4ccccc4)cc(-c4ccccc4)n3)ccc2N2c3cc4ccccc4cc3Cc3c2c1cc1c3sc2ccccc21. The van der Waals surface area contributed by atoms with Crippen LogP contribution < -0.4 is 4.90 Å². The first-order valence-corrected chi connectivity index (χ1v) is 18.8. The van der Waals surface area contributed by atoms with E-state index in [0.29, 0.717) is 0 Å². The van der Waals surface area contributed by atoms with Gasteiger partial charge in [0.2, 0.25) is 0 Å². The van der Waals surface area contributed by atoms with E-state index in [0.717, 1.165) is 40.3 Å². The van der Waals surface area contributed by atoms with Crippen LogP contribution in [0.1, 0.15) is 36.1 Å². The maximum Gasteiger partial charge on any atom is 0.160 e. The molecular weight excluding hydrogens is 651 g/mol. The summed E-state index contributed by atoms with van der Waals surface area (Å²) in [4.78, 5) is 13.0. The van der Waals surface area contributed by atoms with Crippen molar-refractivity contribution in [3.8, 4) is 33.9 Å². The van der Waals surface area contributed by atoms with E-state index in [1.807, 2.05) is 23.5 Å². The second-order valence-electron chi connectivity index (χ2n) is 14.6. The van der Waals surface area contributed by atoms with E-state index in [1.165, 1.54) is 70.3 Å². The molecule has 0 N–H and O–H groups in total. The molecule has 2 aromatic heterocycles. The molecule has 0 spiro atoms. The van der Waals surface area contributed by atoms with Crippen molar-refractivity contribution < 1.29 is 0 Å². The summed E-state index contributed by atoms with van der Waals surface area (Å²) in [6.07, 6.45) is 0.912. The third kappa shape index (κ3) is 4.31. The highest BCUT2D eigenvalue weighted by atomic mass is 32.1. The van der Waals surface area contributed by atoms with Crippen molar-refractivity contribution in [2.75, 3.05) is 4.90 Å². The third-order valence-corrected chi connectivity index (χ3v) is 12.5. The lowest BCUT2D eigenvalue weighted by molar-refractivity contribution is 0.631. The second kappa shape index (κ2) is 10.9. The Morgan fingerprint density at radius 3 is 1.94 bits per heavy atom. The number of nitrogens with zero attached hydrogens (tertiary/aromatic N) is 3. The second-order valence-corrected chi connectivity index (χ2v) is 15.7. The summed E-state index contributed by atoms with van der Waals surface area (Å²) in [6.45, 7) is 4.80. The minimum atomic E-state index is -0.281. The van der Waals surface area contributed by atoms with Crippen LogP contribution in [0, 0.1) is 0 Å². The topological polar surface area (TPSA) is 29.0 Å². The maximum atomic E-state index is 5.22. The summed E-state index contributed by atoms with van der Waals surface area (Å²) in [5.41, 5.74) is 14.0. The zero-order chi connectivity index (χ0) is 34.6. The van der Waals surface area contributed by atoms with E-state index < -0.39 is 0 Å². The van der Waals surface area contributed by atoms with Crippen molar-refractivity contribution in [1.29, 1.82) is 0 Å². The van der Waals surface area contributed by atoms with E-state index >= 15 is 0 Å². The molecule has 0 bridgehead atoms. The molecule has 2 aliphatic rings. The molecule has 0 aliphatic carbocycles. The third-order valence-electron chi connectivity index (χ3n) is 11.2. The smallest absolute Gasteiger partial charge is 0.160 e. The molecule has 2 aliphatic heterocycles. The Hall–Kier alpha value is -6.10. The lowest BCUT2D eigenvalue weighted by Gasteiger charge is -2.46. The van der Waals surface area contributed by atoms with Crippen molar-refractivity contribution in [3.63, 3.8) is 0 Å². The number of aromatic nitrogens is 2. The average molecular weight is 684 g/mol. The number of fused-ring (bicyclic) bond motifs is 9. The van der Waals surface area contributed by atoms with Crippen LogP contribution in [0.4, 0.5) is 17.1 Å².